The van der Waals surface area contributed by atoms with E-state index in [0.717, 1.165) is 29.0 Å². The molecular weight excluding hydrogens is 218 g/mol. The molecule has 0 spiro atoms. The lowest BCUT2D eigenvalue weighted by molar-refractivity contribution is 0.737. The molecule has 0 amide bonds. The van der Waals surface area contributed by atoms with Crippen LogP contribution in [0.15, 0.2) is 17.4 Å². The van der Waals surface area contributed by atoms with Gasteiger partial charge in [0.05, 0.1) is 12.0 Å². The fraction of sp³-hybridized carbons (Fsp3) is 0.375. The van der Waals surface area contributed by atoms with E-state index in [-0.39, 0.29) is 0 Å². The fourth-order valence-electron chi connectivity index (χ4n) is 0.882. The van der Waals surface area contributed by atoms with Crippen LogP contribution in [-0.2, 0) is 6.54 Å². The van der Waals surface area contributed by atoms with E-state index in [0.29, 0.717) is 0 Å². The van der Waals surface area contributed by atoms with E-state index in [9.17, 15) is 0 Å². The molecule has 0 aliphatic carbocycles. The summed E-state index contributed by atoms with van der Waals surface area (Å²) in [6, 6.07) is 0. The molecule has 66 valence electrons. The molecule has 0 radical (unpaired) electrons. The van der Waals surface area contributed by atoms with Gasteiger partial charge in [-0.3, -0.25) is 0 Å². The van der Waals surface area contributed by atoms with Crippen LogP contribution in [0.5, 0.6) is 0 Å². The first-order chi connectivity index (χ1) is 5.70. The van der Waals surface area contributed by atoms with Crippen molar-refractivity contribution in [2.75, 3.05) is 6.54 Å². The van der Waals surface area contributed by atoms with Crippen LogP contribution >= 0.6 is 15.9 Å². The molecule has 0 unspecified atom stereocenters. The third kappa shape index (κ3) is 2.79. The highest BCUT2D eigenvalue weighted by Gasteiger charge is 1.98. The van der Waals surface area contributed by atoms with Gasteiger partial charge in [-0.05, 0) is 6.92 Å². The number of rotatable bonds is 4. The van der Waals surface area contributed by atoms with Crippen molar-refractivity contribution in [3.05, 3.63) is 28.8 Å². The van der Waals surface area contributed by atoms with Gasteiger partial charge in [-0.1, -0.05) is 22.5 Å². The molecule has 2 N–H and O–H groups in total. The summed E-state index contributed by atoms with van der Waals surface area (Å²) in [6.07, 6.45) is 1.70. The maximum absolute atomic E-state index is 4.15. The van der Waals surface area contributed by atoms with Gasteiger partial charge in [0.2, 0.25) is 0 Å². The van der Waals surface area contributed by atoms with Gasteiger partial charge in [0.1, 0.15) is 0 Å². The normalized spacial score (nSPS) is 10.2. The first-order valence-electron chi connectivity index (χ1n) is 3.73. The monoisotopic (exact) mass is 229 g/mol. The minimum atomic E-state index is 0.770. The summed E-state index contributed by atoms with van der Waals surface area (Å²) in [6.45, 7) is 7.28. The maximum atomic E-state index is 4.15. The van der Waals surface area contributed by atoms with Crippen molar-refractivity contribution in [3.63, 3.8) is 0 Å². The predicted octanol–water partition coefficient (Wildman–Crippen LogP) is 1.72. The average Bonchev–Trinajstić information content (AvgIpc) is 2.36. The first kappa shape index (κ1) is 9.48. The smallest absolute Gasteiger partial charge is 0.0925 e. The summed E-state index contributed by atoms with van der Waals surface area (Å²) in [5, 5.41) is 3.20. The van der Waals surface area contributed by atoms with Crippen LogP contribution in [0, 0.1) is 6.92 Å². The van der Waals surface area contributed by atoms with E-state index >= 15 is 0 Å². The molecule has 0 saturated carbocycles. The number of aromatic amines is 1. The number of H-pyrrole nitrogens is 1. The van der Waals surface area contributed by atoms with Crippen LogP contribution < -0.4 is 5.32 Å². The van der Waals surface area contributed by atoms with Crippen molar-refractivity contribution in [1.82, 2.24) is 15.3 Å². The third-order valence-corrected chi connectivity index (χ3v) is 1.82. The summed E-state index contributed by atoms with van der Waals surface area (Å²) in [7, 11) is 0. The first-order valence-corrected chi connectivity index (χ1v) is 4.52. The van der Waals surface area contributed by atoms with Crippen LogP contribution in [0.1, 0.15) is 11.4 Å². The predicted molar refractivity (Wildman–Crippen MR) is 53.1 cm³/mol. The highest BCUT2D eigenvalue weighted by Crippen LogP contribution is 2.01. The average molecular weight is 230 g/mol. The molecule has 0 aliphatic rings. The van der Waals surface area contributed by atoms with Gasteiger partial charge >= 0.3 is 0 Å². The second-order valence-corrected chi connectivity index (χ2v) is 3.72. The van der Waals surface area contributed by atoms with Gasteiger partial charge in [-0.25, -0.2) is 4.98 Å². The Balaban J connectivity index is 2.33. The molecule has 1 heterocycles. The van der Waals surface area contributed by atoms with E-state index in [4.69, 9.17) is 0 Å². The Hall–Kier alpha value is -0.610. The van der Waals surface area contributed by atoms with Gasteiger partial charge in [-0.15, -0.1) is 0 Å². The third-order valence-electron chi connectivity index (χ3n) is 1.54. The summed E-state index contributed by atoms with van der Waals surface area (Å²) in [4.78, 5) is 7.17. The SMILES string of the molecule is C=C(Br)CNCc1nc[nH]c1C. The van der Waals surface area contributed by atoms with E-state index in [1.807, 2.05) is 6.92 Å². The molecule has 1 aromatic heterocycles. The van der Waals surface area contributed by atoms with Crippen molar-refractivity contribution in [2.45, 2.75) is 13.5 Å². The number of nitrogens with one attached hydrogen (secondary N) is 2. The summed E-state index contributed by atoms with van der Waals surface area (Å²) in [5.74, 6) is 0. The molecule has 0 saturated heterocycles. The minimum Gasteiger partial charge on any atom is -0.348 e. The number of halogens is 1. The number of imidazole rings is 1. The number of nitrogens with zero attached hydrogens (tertiary/aromatic N) is 1. The lowest BCUT2D eigenvalue weighted by atomic mass is 10.3. The van der Waals surface area contributed by atoms with Gasteiger partial charge in [-0.2, -0.15) is 0 Å². The van der Waals surface area contributed by atoms with E-state index in [2.05, 4.69) is 37.8 Å². The van der Waals surface area contributed by atoms with Gasteiger partial charge in [0, 0.05) is 23.3 Å². The molecule has 1 aromatic rings. The minimum absolute atomic E-state index is 0.770. The number of hydrogen-bond acceptors (Lipinski definition) is 2. The van der Waals surface area contributed by atoms with Crippen LogP contribution in [0.25, 0.3) is 0 Å². The molecule has 0 fully saturated rings. The highest BCUT2D eigenvalue weighted by molar-refractivity contribution is 9.11. The Morgan fingerprint density at radius 3 is 3.08 bits per heavy atom. The van der Waals surface area contributed by atoms with E-state index in [1.54, 1.807) is 6.33 Å². The van der Waals surface area contributed by atoms with Crippen LogP contribution in [0.2, 0.25) is 0 Å². The van der Waals surface area contributed by atoms with Crippen molar-refractivity contribution in [1.29, 1.82) is 0 Å². The molecule has 0 aliphatic heterocycles. The molecule has 0 bridgehead atoms. The van der Waals surface area contributed by atoms with E-state index in [1.165, 1.54) is 0 Å². The van der Waals surface area contributed by atoms with Gasteiger partial charge < -0.3 is 10.3 Å². The van der Waals surface area contributed by atoms with Crippen LogP contribution in [0.3, 0.4) is 0 Å². The number of hydrogen-bond donors (Lipinski definition) is 2. The molecule has 1 rings (SSSR count). The Labute approximate surface area is 80.4 Å². The topological polar surface area (TPSA) is 40.7 Å². The summed E-state index contributed by atoms with van der Waals surface area (Å²) in [5.41, 5.74) is 2.17. The summed E-state index contributed by atoms with van der Waals surface area (Å²) >= 11 is 3.27. The Morgan fingerprint density at radius 2 is 2.58 bits per heavy atom. The zero-order chi connectivity index (χ0) is 8.97. The Bertz CT molecular complexity index is 267. The van der Waals surface area contributed by atoms with Crippen LogP contribution in [0.4, 0.5) is 0 Å². The Morgan fingerprint density at radius 1 is 1.83 bits per heavy atom. The van der Waals surface area contributed by atoms with Gasteiger partial charge in [0.25, 0.3) is 0 Å². The fourth-order valence-corrected chi connectivity index (χ4v) is 1.08. The largest absolute Gasteiger partial charge is 0.348 e. The molecule has 12 heavy (non-hydrogen) atoms. The lowest BCUT2D eigenvalue weighted by Crippen LogP contribution is -2.15. The molecule has 0 aromatic carbocycles. The molecule has 4 heteroatoms. The van der Waals surface area contributed by atoms with Crippen molar-refractivity contribution >= 4 is 15.9 Å². The molecular formula is C8H12BrN3. The van der Waals surface area contributed by atoms with Crippen molar-refractivity contribution < 1.29 is 0 Å². The van der Waals surface area contributed by atoms with Gasteiger partial charge in [0.15, 0.2) is 0 Å². The quantitative estimate of drug-likeness (QED) is 0.826. The standard InChI is InChI=1S/C8H12BrN3/c1-6(9)3-10-4-8-7(2)11-5-12-8/h5,10H,1,3-4H2,2H3,(H,11,12). The summed E-state index contributed by atoms with van der Waals surface area (Å²) < 4.78 is 0.954. The van der Waals surface area contributed by atoms with Crippen molar-refractivity contribution in [3.8, 4) is 0 Å². The number of aryl methyl sites for hydroxylation is 1. The number of aromatic nitrogens is 2. The zero-order valence-electron chi connectivity index (χ0n) is 7.02. The second kappa shape index (κ2) is 4.42. The Kier molecular flexibility index (Phi) is 3.49. The zero-order valence-corrected chi connectivity index (χ0v) is 8.61. The lowest BCUT2D eigenvalue weighted by Gasteiger charge is -2.00. The maximum Gasteiger partial charge on any atom is 0.0925 e. The molecule has 0 atom stereocenters. The molecule has 3 nitrogen and oxygen atoms in total. The van der Waals surface area contributed by atoms with Crippen LogP contribution in [-0.4, -0.2) is 16.5 Å². The van der Waals surface area contributed by atoms with Crippen molar-refractivity contribution in [2.24, 2.45) is 0 Å². The van der Waals surface area contributed by atoms with E-state index < -0.39 is 0 Å². The highest BCUT2D eigenvalue weighted by atomic mass is 79.9. The second-order valence-electron chi connectivity index (χ2n) is 2.60.